The fourth-order valence-corrected chi connectivity index (χ4v) is 7.30. The maximum Gasteiger partial charge on any atom is 0.243 e. The largest absolute Gasteiger partial charge is 0.243 e. The summed E-state index contributed by atoms with van der Waals surface area (Å²) in [7, 11) is -3.73. The SMILES string of the molecule is [2H][C@H]1CCC[C@H]2[C@@H]1N(S(=O)(=O)c1ccc(C)cc1)CC2(c1ccccc1)c1ccccc1. The second kappa shape index (κ2) is 7.92. The van der Waals surface area contributed by atoms with Crippen LogP contribution in [0.3, 0.4) is 0 Å². The van der Waals surface area contributed by atoms with E-state index in [0.29, 0.717) is 11.4 Å². The van der Waals surface area contributed by atoms with Crippen molar-refractivity contribution in [2.24, 2.45) is 5.92 Å². The molecule has 1 saturated carbocycles. The maximum absolute atomic E-state index is 13.9. The van der Waals surface area contributed by atoms with E-state index >= 15 is 0 Å². The van der Waals surface area contributed by atoms with E-state index in [-0.39, 0.29) is 12.0 Å². The monoisotopic (exact) mass is 432 g/mol. The number of fused-ring (bicyclic) bond motifs is 1. The molecule has 0 N–H and O–H groups in total. The topological polar surface area (TPSA) is 37.4 Å². The highest BCUT2D eigenvalue weighted by Crippen LogP contribution is 2.54. The molecule has 3 atom stereocenters. The van der Waals surface area contributed by atoms with Crippen LogP contribution < -0.4 is 0 Å². The van der Waals surface area contributed by atoms with Gasteiger partial charge in [0.25, 0.3) is 0 Å². The van der Waals surface area contributed by atoms with Crippen molar-refractivity contribution < 1.29 is 9.79 Å². The van der Waals surface area contributed by atoms with Crippen molar-refractivity contribution in [3.8, 4) is 0 Å². The first-order valence-corrected chi connectivity index (χ1v) is 12.5. The quantitative estimate of drug-likeness (QED) is 0.542. The van der Waals surface area contributed by atoms with Gasteiger partial charge in [-0.1, -0.05) is 91.2 Å². The molecule has 0 spiro atoms. The van der Waals surface area contributed by atoms with Gasteiger partial charge in [0.1, 0.15) is 0 Å². The molecular formula is C27H29NO2S. The van der Waals surface area contributed by atoms with E-state index in [1.54, 1.807) is 16.4 Å². The Labute approximate surface area is 187 Å². The minimum absolute atomic E-state index is 0.0590. The molecule has 1 aliphatic carbocycles. The summed E-state index contributed by atoms with van der Waals surface area (Å²) in [4.78, 5) is 0.316. The van der Waals surface area contributed by atoms with Crippen molar-refractivity contribution >= 4 is 10.0 Å². The molecule has 1 saturated heterocycles. The average molecular weight is 433 g/mol. The standard InChI is InChI=1S/C27H29NO2S/c1-21-16-18-24(19-17-21)31(29,30)28-20-27(22-10-4-2-5-11-22,23-12-6-3-7-13-23)25-14-8-9-15-26(25)28/h2-7,10-13,16-19,25-26H,8-9,14-15,20H2,1H3/t25-,26+/m0/s1/i15D/t15-,25-,26+. The predicted octanol–water partition coefficient (Wildman–Crippen LogP) is 5.54. The smallest absolute Gasteiger partial charge is 0.207 e. The van der Waals surface area contributed by atoms with Gasteiger partial charge in [-0.3, -0.25) is 0 Å². The van der Waals surface area contributed by atoms with E-state index in [2.05, 4.69) is 24.3 Å². The molecule has 0 radical (unpaired) electrons. The van der Waals surface area contributed by atoms with Crippen LogP contribution in [0, 0.1) is 12.8 Å². The second-order valence-corrected chi connectivity index (χ2v) is 10.7. The molecule has 3 aromatic rings. The van der Waals surface area contributed by atoms with Gasteiger partial charge >= 0.3 is 0 Å². The molecule has 5 rings (SSSR count). The summed E-state index contributed by atoms with van der Waals surface area (Å²) in [5.41, 5.74) is 2.83. The Morgan fingerprint density at radius 1 is 0.871 bits per heavy atom. The summed E-state index contributed by atoms with van der Waals surface area (Å²) in [6, 6.07) is 27.4. The fraction of sp³-hybridized carbons (Fsp3) is 0.333. The lowest BCUT2D eigenvalue weighted by molar-refractivity contribution is 0.236. The number of rotatable bonds is 4. The highest BCUT2D eigenvalue weighted by atomic mass is 32.2. The Hall–Kier alpha value is -2.43. The van der Waals surface area contributed by atoms with Gasteiger partial charge < -0.3 is 0 Å². The predicted molar refractivity (Wildman–Crippen MR) is 124 cm³/mol. The third-order valence-corrected chi connectivity index (χ3v) is 8.97. The molecule has 0 unspecified atom stereocenters. The third kappa shape index (κ3) is 3.33. The van der Waals surface area contributed by atoms with Gasteiger partial charge in [0.15, 0.2) is 0 Å². The summed E-state index contributed by atoms with van der Waals surface area (Å²) in [5.74, 6) is 0.0590. The Morgan fingerprint density at radius 2 is 1.45 bits per heavy atom. The minimum atomic E-state index is -3.73. The maximum atomic E-state index is 13.9. The molecule has 0 aromatic heterocycles. The second-order valence-electron chi connectivity index (χ2n) is 8.83. The van der Waals surface area contributed by atoms with Gasteiger partial charge in [-0.2, -0.15) is 4.31 Å². The van der Waals surface area contributed by atoms with Crippen LogP contribution in [0.15, 0.2) is 89.8 Å². The lowest BCUT2D eigenvalue weighted by atomic mass is 9.63. The van der Waals surface area contributed by atoms with Crippen LogP contribution >= 0.6 is 0 Å². The molecular weight excluding hydrogens is 402 g/mol. The molecule has 4 heteroatoms. The summed E-state index contributed by atoms with van der Waals surface area (Å²) in [6.45, 7) is 2.32. The van der Waals surface area contributed by atoms with Crippen LogP contribution in [0.4, 0.5) is 0 Å². The van der Waals surface area contributed by atoms with Gasteiger partial charge in [-0.15, -0.1) is 0 Å². The van der Waals surface area contributed by atoms with Gasteiger partial charge in [0.2, 0.25) is 10.0 Å². The zero-order valence-electron chi connectivity index (χ0n) is 18.8. The van der Waals surface area contributed by atoms with Crippen LogP contribution in [0.1, 0.15) is 43.7 Å². The number of hydrogen-bond donors (Lipinski definition) is 0. The minimum Gasteiger partial charge on any atom is -0.207 e. The van der Waals surface area contributed by atoms with Crippen molar-refractivity contribution in [2.45, 2.75) is 48.9 Å². The molecule has 3 aromatic carbocycles. The summed E-state index contributed by atoms with van der Waals surface area (Å²) < 4.78 is 38.4. The highest BCUT2D eigenvalue weighted by molar-refractivity contribution is 7.89. The lowest BCUT2D eigenvalue weighted by Gasteiger charge is -2.39. The van der Waals surface area contributed by atoms with Crippen molar-refractivity contribution in [2.75, 3.05) is 6.54 Å². The fourth-order valence-electron chi connectivity index (χ4n) is 5.63. The Kier molecular flexibility index (Phi) is 4.92. The molecule has 160 valence electrons. The van der Waals surface area contributed by atoms with E-state index in [9.17, 15) is 8.42 Å². The normalized spacial score (nSPS) is 26.2. The Morgan fingerprint density at radius 3 is 2.03 bits per heavy atom. The van der Waals surface area contributed by atoms with E-state index in [1.165, 1.54) is 0 Å². The van der Waals surface area contributed by atoms with E-state index in [0.717, 1.165) is 36.0 Å². The summed E-state index contributed by atoms with van der Waals surface area (Å²) in [6.07, 6.45) is 2.18. The first kappa shape index (κ1) is 19.3. The van der Waals surface area contributed by atoms with Crippen molar-refractivity contribution in [3.05, 3.63) is 102 Å². The number of benzene rings is 3. The zero-order chi connectivity index (χ0) is 22.3. The molecule has 1 heterocycles. The Balaban J connectivity index is 1.72. The van der Waals surface area contributed by atoms with Crippen LogP contribution in [0.2, 0.25) is 0 Å². The molecule has 2 aliphatic rings. The average Bonchev–Trinajstić information content (AvgIpc) is 3.19. The molecule has 2 fully saturated rings. The van der Waals surface area contributed by atoms with Crippen LogP contribution in [0.5, 0.6) is 0 Å². The van der Waals surface area contributed by atoms with E-state index in [1.807, 2.05) is 55.5 Å². The van der Waals surface area contributed by atoms with Gasteiger partial charge in [-0.25, -0.2) is 8.42 Å². The van der Waals surface area contributed by atoms with Gasteiger partial charge in [0.05, 0.1) is 4.90 Å². The molecule has 0 amide bonds. The van der Waals surface area contributed by atoms with Crippen molar-refractivity contribution in [1.82, 2.24) is 4.31 Å². The van der Waals surface area contributed by atoms with Gasteiger partial charge in [-0.05, 0) is 48.9 Å². The highest BCUT2D eigenvalue weighted by Gasteiger charge is 2.57. The van der Waals surface area contributed by atoms with Crippen LogP contribution in [-0.4, -0.2) is 25.3 Å². The van der Waals surface area contributed by atoms with Crippen LogP contribution in [0.25, 0.3) is 0 Å². The number of hydrogen-bond acceptors (Lipinski definition) is 2. The van der Waals surface area contributed by atoms with Crippen molar-refractivity contribution in [3.63, 3.8) is 0 Å². The van der Waals surface area contributed by atoms with E-state index in [4.69, 9.17) is 1.37 Å². The number of aryl methyl sites for hydroxylation is 1. The number of sulfonamides is 1. The first-order valence-electron chi connectivity index (χ1n) is 11.6. The molecule has 31 heavy (non-hydrogen) atoms. The third-order valence-electron chi connectivity index (χ3n) is 7.12. The van der Waals surface area contributed by atoms with Crippen molar-refractivity contribution in [1.29, 1.82) is 0 Å². The summed E-state index contributed by atoms with van der Waals surface area (Å²) in [5, 5.41) is 0. The lowest BCUT2D eigenvalue weighted by Crippen LogP contribution is -2.39. The Bertz CT molecular complexity index is 1140. The number of nitrogens with zero attached hydrogens (tertiary/aromatic N) is 1. The summed E-state index contributed by atoms with van der Waals surface area (Å²) >= 11 is 0. The first-order chi connectivity index (χ1) is 15.4. The van der Waals surface area contributed by atoms with Crippen LogP contribution in [-0.2, 0) is 15.4 Å². The molecule has 0 bridgehead atoms. The molecule has 1 aliphatic heterocycles. The van der Waals surface area contributed by atoms with E-state index < -0.39 is 21.8 Å². The van der Waals surface area contributed by atoms with Gasteiger partial charge in [0, 0.05) is 19.4 Å². The zero-order valence-corrected chi connectivity index (χ0v) is 18.6. The molecule has 3 nitrogen and oxygen atoms in total.